The fourth-order valence-electron chi connectivity index (χ4n) is 1.89. The number of halogens is 1. The zero-order valence-electron chi connectivity index (χ0n) is 11.1. The van der Waals surface area contributed by atoms with Crippen LogP contribution in [-0.2, 0) is 10.0 Å². The Morgan fingerprint density at radius 2 is 1.65 bits per heavy atom. The van der Waals surface area contributed by atoms with Gasteiger partial charge in [0.2, 0.25) is 0 Å². The van der Waals surface area contributed by atoms with E-state index in [4.69, 9.17) is 5.73 Å². The van der Waals surface area contributed by atoms with Gasteiger partial charge in [-0.3, -0.25) is 4.72 Å². The summed E-state index contributed by atoms with van der Waals surface area (Å²) in [5.41, 5.74) is 8.12. The molecule has 0 aliphatic rings. The number of aryl methyl sites for hydroxylation is 1. The molecule has 0 fully saturated rings. The third kappa shape index (κ3) is 2.96. The van der Waals surface area contributed by atoms with Crippen LogP contribution < -0.4 is 10.5 Å². The quantitative estimate of drug-likeness (QED) is 0.829. The topological polar surface area (TPSA) is 72.2 Å². The van der Waals surface area contributed by atoms with Gasteiger partial charge in [-0.15, -0.1) is 0 Å². The molecule has 4 nitrogen and oxygen atoms in total. The highest BCUT2D eigenvalue weighted by molar-refractivity contribution is 9.10. The molecule has 6 heteroatoms. The summed E-state index contributed by atoms with van der Waals surface area (Å²) in [7, 11) is -3.70. The zero-order chi connectivity index (χ0) is 14.9. The van der Waals surface area contributed by atoms with Gasteiger partial charge in [-0.25, -0.2) is 8.42 Å². The van der Waals surface area contributed by atoms with Gasteiger partial charge in [0.15, 0.2) is 0 Å². The van der Waals surface area contributed by atoms with Crippen molar-refractivity contribution in [1.82, 2.24) is 0 Å². The molecule has 0 atom stereocenters. The third-order valence-electron chi connectivity index (χ3n) is 3.07. The van der Waals surface area contributed by atoms with Gasteiger partial charge in [0.1, 0.15) is 4.90 Å². The van der Waals surface area contributed by atoms with E-state index in [2.05, 4.69) is 20.7 Å². The van der Waals surface area contributed by atoms with Crippen molar-refractivity contribution in [2.75, 3.05) is 10.5 Å². The van der Waals surface area contributed by atoms with Crippen LogP contribution in [0.15, 0.2) is 45.8 Å². The molecule has 106 valence electrons. The Morgan fingerprint density at radius 3 is 2.25 bits per heavy atom. The highest BCUT2D eigenvalue weighted by atomic mass is 79.9. The molecule has 3 N–H and O–H groups in total. The van der Waals surface area contributed by atoms with Crippen molar-refractivity contribution in [3.8, 4) is 0 Å². The summed E-state index contributed by atoms with van der Waals surface area (Å²) in [6.07, 6.45) is 0. The number of nitrogens with one attached hydrogen (secondary N) is 1. The lowest BCUT2D eigenvalue weighted by Gasteiger charge is -2.14. The minimum absolute atomic E-state index is 0.139. The second kappa shape index (κ2) is 5.46. The van der Waals surface area contributed by atoms with Crippen LogP contribution in [0.4, 0.5) is 11.4 Å². The van der Waals surface area contributed by atoms with Gasteiger partial charge in [-0.1, -0.05) is 22.0 Å². The minimum atomic E-state index is -3.70. The first-order chi connectivity index (χ1) is 9.31. The smallest absolute Gasteiger partial charge is 0.264 e. The summed E-state index contributed by atoms with van der Waals surface area (Å²) in [6.45, 7) is 3.61. The fraction of sp³-hybridized carbons (Fsp3) is 0.143. The Hall–Kier alpha value is -1.53. The highest BCUT2D eigenvalue weighted by Gasteiger charge is 2.21. The van der Waals surface area contributed by atoms with Crippen LogP contribution in [0.25, 0.3) is 0 Å². The highest BCUT2D eigenvalue weighted by Crippen LogP contribution is 2.27. The van der Waals surface area contributed by atoms with E-state index in [1.807, 2.05) is 13.0 Å². The van der Waals surface area contributed by atoms with E-state index >= 15 is 0 Å². The Labute approximate surface area is 127 Å². The van der Waals surface area contributed by atoms with E-state index in [0.717, 1.165) is 10.0 Å². The van der Waals surface area contributed by atoms with E-state index in [0.29, 0.717) is 11.3 Å². The molecule has 0 heterocycles. The van der Waals surface area contributed by atoms with Crippen molar-refractivity contribution in [2.45, 2.75) is 18.7 Å². The largest absolute Gasteiger partial charge is 0.398 e. The molecule has 0 bridgehead atoms. The first-order valence-corrected chi connectivity index (χ1v) is 8.23. The summed E-state index contributed by atoms with van der Waals surface area (Å²) >= 11 is 3.31. The van der Waals surface area contributed by atoms with Crippen molar-refractivity contribution in [3.63, 3.8) is 0 Å². The normalized spacial score (nSPS) is 11.3. The number of rotatable bonds is 3. The average molecular weight is 355 g/mol. The molecule has 2 aromatic carbocycles. The van der Waals surface area contributed by atoms with E-state index in [9.17, 15) is 8.42 Å². The molecular formula is C14H15BrN2O2S. The molecule has 0 radical (unpaired) electrons. The van der Waals surface area contributed by atoms with E-state index in [-0.39, 0.29) is 10.6 Å². The number of nitrogens with two attached hydrogens (primary N) is 1. The summed E-state index contributed by atoms with van der Waals surface area (Å²) in [4.78, 5) is 0.139. The maximum Gasteiger partial charge on any atom is 0.264 e. The lowest BCUT2D eigenvalue weighted by molar-refractivity contribution is 0.601. The molecule has 0 aliphatic heterocycles. The predicted molar refractivity (Wildman–Crippen MR) is 85.3 cm³/mol. The zero-order valence-corrected chi connectivity index (χ0v) is 13.5. The van der Waals surface area contributed by atoms with Crippen LogP contribution in [0.1, 0.15) is 11.1 Å². The first kappa shape index (κ1) is 14.9. The lowest BCUT2D eigenvalue weighted by Crippen LogP contribution is -2.16. The molecule has 2 aromatic rings. The van der Waals surface area contributed by atoms with E-state index < -0.39 is 10.0 Å². The van der Waals surface area contributed by atoms with Crippen molar-refractivity contribution < 1.29 is 8.42 Å². The number of hydrogen-bond donors (Lipinski definition) is 2. The fourth-order valence-corrected chi connectivity index (χ4v) is 3.65. The summed E-state index contributed by atoms with van der Waals surface area (Å²) < 4.78 is 28.4. The van der Waals surface area contributed by atoms with Gasteiger partial charge in [0, 0.05) is 10.2 Å². The maximum absolute atomic E-state index is 12.5. The van der Waals surface area contributed by atoms with Crippen LogP contribution >= 0.6 is 15.9 Å². The van der Waals surface area contributed by atoms with Crippen LogP contribution in [0.5, 0.6) is 0 Å². The van der Waals surface area contributed by atoms with Gasteiger partial charge in [-0.05, 0) is 55.3 Å². The molecule has 0 aromatic heterocycles. The van der Waals surface area contributed by atoms with Gasteiger partial charge >= 0.3 is 0 Å². The first-order valence-electron chi connectivity index (χ1n) is 5.95. The summed E-state index contributed by atoms with van der Waals surface area (Å²) in [5.74, 6) is 0. The number of sulfonamides is 1. The Morgan fingerprint density at radius 1 is 1.05 bits per heavy atom. The number of benzene rings is 2. The Balaban J connectivity index is 2.46. The second-order valence-electron chi connectivity index (χ2n) is 4.54. The second-order valence-corrected chi connectivity index (χ2v) is 7.07. The monoisotopic (exact) mass is 354 g/mol. The molecule has 20 heavy (non-hydrogen) atoms. The number of anilines is 2. The van der Waals surface area contributed by atoms with Crippen LogP contribution in [0, 0.1) is 13.8 Å². The Bertz CT molecular complexity index is 741. The van der Waals surface area contributed by atoms with Crippen molar-refractivity contribution in [2.24, 2.45) is 0 Å². The third-order valence-corrected chi connectivity index (χ3v) is 5.18. The SMILES string of the molecule is Cc1ccc(N)c(S(=O)(=O)Nc2ccc(Br)cc2)c1C. The van der Waals surface area contributed by atoms with Crippen molar-refractivity contribution in [3.05, 3.63) is 52.0 Å². The molecule has 0 aliphatic carbocycles. The van der Waals surface area contributed by atoms with Crippen LogP contribution in [0.2, 0.25) is 0 Å². The molecular weight excluding hydrogens is 340 g/mol. The number of hydrogen-bond acceptors (Lipinski definition) is 3. The molecule has 0 saturated heterocycles. The maximum atomic E-state index is 12.5. The van der Waals surface area contributed by atoms with Crippen molar-refractivity contribution >= 4 is 37.3 Å². The Kier molecular flexibility index (Phi) is 4.06. The standard InChI is InChI=1S/C14H15BrN2O2S/c1-9-3-8-13(16)14(10(9)2)20(18,19)17-12-6-4-11(15)5-7-12/h3-8,17H,16H2,1-2H3. The number of nitrogen functional groups attached to an aromatic ring is 1. The molecule has 2 rings (SSSR count). The van der Waals surface area contributed by atoms with Crippen molar-refractivity contribution in [1.29, 1.82) is 0 Å². The van der Waals surface area contributed by atoms with E-state index in [1.165, 1.54) is 0 Å². The van der Waals surface area contributed by atoms with Crippen LogP contribution in [0.3, 0.4) is 0 Å². The van der Waals surface area contributed by atoms with Gasteiger partial charge in [0.25, 0.3) is 10.0 Å². The summed E-state index contributed by atoms with van der Waals surface area (Å²) in [5, 5.41) is 0. The summed E-state index contributed by atoms with van der Waals surface area (Å²) in [6, 6.07) is 10.3. The van der Waals surface area contributed by atoms with Crippen LogP contribution in [-0.4, -0.2) is 8.42 Å². The van der Waals surface area contributed by atoms with E-state index in [1.54, 1.807) is 37.3 Å². The molecule has 0 spiro atoms. The molecule has 0 amide bonds. The van der Waals surface area contributed by atoms with Gasteiger partial charge in [0.05, 0.1) is 5.69 Å². The van der Waals surface area contributed by atoms with Gasteiger partial charge < -0.3 is 5.73 Å². The van der Waals surface area contributed by atoms with Gasteiger partial charge in [-0.2, -0.15) is 0 Å². The molecule has 0 saturated carbocycles. The molecule has 0 unspecified atom stereocenters. The average Bonchev–Trinajstić information content (AvgIpc) is 2.37. The minimum Gasteiger partial charge on any atom is -0.398 e. The predicted octanol–water partition coefficient (Wildman–Crippen LogP) is 3.45. The lowest BCUT2D eigenvalue weighted by atomic mass is 10.1.